The third-order valence-corrected chi connectivity index (χ3v) is 4.40. The van der Waals surface area contributed by atoms with Crippen molar-refractivity contribution in [3.63, 3.8) is 0 Å². The normalized spacial score (nSPS) is 20.2. The van der Waals surface area contributed by atoms with Crippen molar-refractivity contribution >= 4 is 22.5 Å². The van der Waals surface area contributed by atoms with E-state index in [1.54, 1.807) is 6.20 Å². The summed E-state index contributed by atoms with van der Waals surface area (Å²) < 4.78 is 0. The van der Waals surface area contributed by atoms with Crippen LogP contribution in [0.4, 0.5) is 5.69 Å². The van der Waals surface area contributed by atoms with Gasteiger partial charge in [-0.25, -0.2) is 0 Å². The van der Waals surface area contributed by atoms with Crippen LogP contribution in [0.1, 0.15) is 22.3 Å². The van der Waals surface area contributed by atoms with Crippen LogP contribution in [-0.2, 0) is 10.4 Å². The average molecular weight is 292 g/mol. The highest BCUT2D eigenvalue weighted by Gasteiger charge is 2.49. The largest absolute Gasteiger partial charge is 0.372 e. The van der Waals surface area contributed by atoms with Crippen LogP contribution in [0, 0.1) is 13.8 Å². The minimum atomic E-state index is -1.66. The van der Waals surface area contributed by atoms with Gasteiger partial charge in [-0.2, -0.15) is 0 Å². The van der Waals surface area contributed by atoms with E-state index < -0.39 is 11.5 Å². The lowest BCUT2D eigenvalue weighted by atomic mass is 9.84. The molecule has 1 atom stereocenters. The number of hydrogen-bond acceptors (Lipinski definition) is 2. The first-order valence-electron chi connectivity index (χ1n) is 7.24. The van der Waals surface area contributed by atoms with Gasteiger partial charge in [0.2, 0.25) is 0 Å². The van der Waals surface area contributed by atoms with E-state index in [1.165, 1.54) is 0 Å². The lowest BCUT2D eigenvalue weighted by molar-refractivity contribution is -0.129. The number of aryl methyl sites for hydroxylation is 2. The van der Waals surface area contributed by atoms with Crippen LogP contribution in [0.3, 0.4) is 0 Å². The highest BCUT2D eigenvalue weighted by atomic mass is 16.3. The summed E-state index contributed by atoms with van der Waals surface area (Å²) in [5.41, 5.74) is 3.12. The summed E-state index contributed by atoms with van der Waals surface area (Å²) in [6, 6.07) is 11.5. The van der Waals surface area contributed by atoms with Gasteiger partial charge in [0.05, 0.1) is 0 Å². The Labute approximate surface area is 127 Å². The van der Waals surface area contributed by atoms with E-state index in [0.29, 0.717) is 16.8 Å². The summed E-state index contributed by atoms with van der Waals surface area (Å²) in [6.07, 6.45) is 1.72. The van der Waals surface area contributed by atoms with Gasteiger partial charge in [0.15, 0.2) is 5.60 Å². The van der Waals surface area contributed by atoms with Gasteiger partial charge < -0.3 is 15.4 Å². The Balaban J connectivity index is 2.05. The first-order chi connectivity index (χ1) is 10.5. The summed E-state index contributed by atoms with van der Waals surface area (Å²) in [6.45, 7) is 3.90. The van der Waals surface area contributed by atoms with Crippen LogP contribution >= 0.6 is 0 Å². The molecule has 4 rings (SSSR count). The molecule has 4 nitrogen and oxygen atoms in total. The van der Waals surface area contributed by atoms with E-state index in [4.69, 9.17) is 0 Å². The maximum absolute atomic E-state index is 12.6. The Kier molecular flexibility index (Phi) is 2.51. The minimum absolute atomic E-state index is 0.402. The summed E-state index contributed by atoms with van der Waals surface area (Å²) >= 11 is 0. The van der Waals surface area contributed by atoms with Crippen molar-refractivity contribution in [1.82, 2.24) is 4.98 Å². The number of aliphatic hydroxyl groups is 1. The number of hydrogen-bond donors (Lipinski definition) is 3. The molecule has 2 heterocycles. The van der Waals surface area contributed by atoms with Gasteiger partial charge in [0, 0.05) is 33.9 Å². The SMILES string of the molecule is Cc1cc(C)c2c(c1)NC(=O)[C@]2(O)c1c[nH]c2ccccc12. The van der Waals surface area contributed by atoms with Crippen molar-refractivity contribution in [2.45, 2.75) is 19.4 Å². The molecule has 4 heteroatoms. The topological polar surface area (TPSA) is 65.1 Å². The highest BCUT2D eigenvalue weighted by molar-refractivity contribution is 6.10. The maximum Gasteiger partial charge on any atom is 0.265 e. The van der Waals surface area contributed by atoms with Gasteiger partial charge in [-0.05, 0) is 37.1 Å². The Bertz CT molecular complexity index is 926. The van der Waals surface area contributed by atoms with Crippen LogP contribution < -0.4 is 5.32 Å². The van der Waals surface area contributed by atoms with E-state index in [-0.39, 0.29) is 0 Å². The molecule has 1 aliphatic rings. The van der Waals surface area contributed by atoms with E-state index in [0.717, 1.165) is 22.0 Å². The molecule has 0 spiro atoms. The molecule has 0 bridgehead atoms. The standard InChI is InChI=1S/C18H16N2O2/c1-10-7-11(2)16-15(8-10)20-17(21)18(16,22)13-9-19-14-6-4-3-5-12(13)14/h3-9,19,22H,1-2H3,(H,20,21)/t18-/m0/s1. The van der Waals surface area contributed by atoms with E-state index in [9.17, 15) is 9.90 Å². The fraction of sp³-hybridized carbons (Fsp3) is 0.167. The molecular formula is C18H16N2O2. The summed E-state index contributed by atoms with van der Waals surface area (Å²) in [7, 11) is 0. The zero-order valence-corrected chi connectivity index (χ0v) is 12.4. The number of para-hydroxylation sites is 1. The number of anilines is 1. The lowest BCUT2D eigenvalue weighted by Crippen LogP contribution is -2.35. The second kappa shape index (κ2) is 4.21. The number of carbonyl (C=O) groups is 1. The number of aromatic amines is 1. The molecule has 0 saturated heterocycles. The Morgan fingerprint density at radius 1 is 1.14 bits per heavy atom. The number of nitrogens with one attached hydrogen (secondary N) is 2. The second-order valence-electron chi connectivity index (χ2n) is 5.92. The van der Waals surface area contributed by atoms with Gasteiger partial charge in [0.1, 0.15) is 0 Å². The van der Waals surface area contributed by atoms with E-state index >= 15 is 0 Å². The highest BCUT2D eigenvalue weighted by Crippen LogP contribution is 2.45. The van der Waals surface area contributed by atoms with E-state index in [1.807, 2.05) is 50.2 Å². The van der Waals surface area contributed by atoms with Crippen LogP contribution in [0.5, 0.6) is 0 Å². The molecule has 3 N–H and O–H groups in total. The number of aromatic nitrogens is 1. The van der Waals surface area contributed by atoms with Gasteiger partial charge >= 0.3 is 0 Å². The molecule has 0 unspecified atom stereocenters. The van der Waals surface area contributed by atoms with Crippen LogP contribution in [0.25, 0.3) is 10.9 Å². The first-order valence-corrected chi connectivity index (χ1v) is 7.24. The van der Waals surface area contributed by atoms with Crippen molar-refractivity contribution in [2.24, 2.45) is 0 Å². The van der Waals surface area contributed by atoms with Gasteiger partial charge in [-0.1, -0.05) is 24.3 Å². The van der Waals surface area contributed by atoms with Crippen molar-refractivity contribution in [3.8, 4) is 0 Å². The van der Waals surface area contributed by atoms with Gasteiger partial charge in [-0.3, -0.25) is 4.79 Å². The first kappa shape index (κ1) is 13.1. The third kappa shape index (κ3) is 1.53. The summed E-state index contributed by atoms with van der Waals surface area (Å²) in [5, 5.41) is 15.0. The Morgan fingerprint density at radius 3 is 2.73 bits per heavy atom. The fourth-order valence-electron chi connectivity index (χ4n) is 3.50. The zero-order valence-electron chi connectivity index (χ0n) is 12.4. The predicted molar refractivity (Wildman–Crippen MR) is 85.8 cm³/mol. The van der Waals surface area contributed by atoms with Crippen LogP contribution in [0.2, 0.25) is 0 Å². The minimum Gasteiger partial charge on any atom is -0.372 e. The number of benzene rings is 2. The van der Waals surface area contributed by atoms with Crippen molar-refractivity contribution in [3.05, 3.63) is 64.8 Å². The van der Waals surface area contributed by atoms with E-state index in [2.05, 4.69) is 10.3 Å². The maximum atomic E-state index is 12.6. The Hall–Kier alpha value is -2.59. The molecule has 1 aliphatic heterocycles. The zero-order chi connectivity index (χ0) is 15.5. The molecule has 22 heavy (non-hydrogen) atoms. The van der Waals surface area contributed by atoms with Crippen LogP contribution in [-0.4, -0.2) is 16.0 Å². The summed E-state index contributed by atoms with van der Waals surface area (Å²) in [4.78, 5) is 15.7. The number of H-pyrrole nitrogens is 1. The molecule has 0 aliphatic carbocycles. The quantitative estimate of drug-likeness (QED) is 0.645. The molecule has 110 valence electrons. The molecule has 2 aromatic carbocycles. The van der Waals surface area contributed by atoms with Gasteiger partial charge in [-0.15, -0.1) is 0 Å². The molecule has 0 saturated carbocycles. The molecule has 0 fully saturated rings. The molecule has 0 radical (unpaired) electrons. The van der Waals surface area contributed by atoms with Crippen molar-refractivity contribution in [2.75, 3.05) is 5.32 Å². The molecule has 1 amide bonds. The fourth-order valence-corrected chi connectivity index (χ4v) is 3.50. The smallest absolute Gasteiger partial charge is 0.265 e. The number of amides is 1. The van der Waals surface area contributed by atoms with Gasteiger partial charge in [0.25, 0.3) is 5.91 Å². The lowest BCUT2D eigenvalue weighted by Gasteiger charge is -2.22. The predicted octanol–water partition coefficient (Wildman–Crippen LogP) is 2.97. The third-order valence-electron chi connectivity index (χ3n) is 4.40. The molecule has 3 aromatic rings. The molecule has 1 aromatic heterocycles. The monoisotopic (exact) mass is 292 g/mol. The average Bonchev–Trinajstić information content (AvgIpc) is 2.99. The number of carbonyl (C=O) groups excluding carboxylic acids is 1. The molecular weight excluding hydrogens is 276 g/mol. The number of rotatable bonds is 1. The number of fused-ring (bicyclic) bond motifs is 2. The van der Waals surface area contributed by atoms with Crippen molar-refractivity contribution < 1.29 is 9.90 Å². The van der Waals surface area contributed by atoms with Crippen LogP contribution in [0.15, 0.2) is 42.6 Å². The summed E-state index contributed by atoms with van der Waals surface area (Å²) in [5.74, 6) is -0.402. The second-order valence-corrected chi connectivity index (χ2v) is 5.92. The Morgan fingerprint density at radius 2 is 1.91 bits per heavy atom. The van der Waals surface area contributed by atoms with Crippen molar-refractivity contribution in [1.29, 1.82) is 0 Å².